The Hall–Kier alpha value is -2.51. The van der Waals surface area contributed by atoms with Gasteiger partial charge in [0.25, 0.3) is 5.89 Å². The van der Waals surface area contributed by atoms with Gasteiger partial charge in [-0.05, 0) is 43.9 Å². The van der Waals surface area contributed by atoms with E-state index in [0.717, 1.165) is 24.0 Å². The van der Waals surface area contributed by atoms with Crippen molar-refractivity contribution in [3.63, 3.8) is 0 Å². The second-order valence-corrected chi connectivity index (χ2v) is 6.03. The number of benzene rings is 1. The van der Waals surface area contributed by atoms with Crippen LogP contribution in [0.25, 0.3) is 11.4 Å². The first-order chi connectivity index (χ1) is 11.4. The number of urea groups is 1. The number of fused-ring (bicyclic) bond motifs is 1. The van der Waals surface area contributed by atoms with Crippen LogP contribution in [0.2, 0.25) is 0 Å². The summed E-state index contributed by atoms with van der Waals surface area (Å²) in [5.41, 5.74) is 2.69. The highest BCUT2D eigenvalue weighted by atomic mass is 19.3. The standard InChI is InChI=1S/C16H18F2N4O2/c1-8(2)19-16(23)20-12-6-4-9-7-10(3-5-11(9)12)14-21-15(13(17)18)24-22-14/h3,5,7-8,12-13H,4,6H2,1-2H3,(H2,19,20,23)/t12-/m1/s1. The van der Waals surface area contributed by atoms with Crippen LogP contribution in [0.3, 0.4) is 0 Å². The molecule has 0 aliphatic heterocycles. The Labute approximate surface area is 137 Å². The molecule has 3 rings (SSSR count). The molecule has 1 aromatic heterocycles. The number of aromatic nitrogens is 2. The van der Waals surface area contributed by atoms with E-state index in [2.05, 4.69) is 25.3 Å². The van der Waals surface area contributed by atoms with Gasteiger partial charge in [-0.25, -0.2) is 4.79 Å². The first-order valence-electron chi connectivity index (χ1n) is 7.76. The molecule has 1 aromatic carbocycles. The van der Waals surface area contributed by atoms with Crippen molar-refractivity contribution >= 4 is 6.03 Å². The molecule has 1 aliphatic carbocycles. The Kier molecular flexibility index (Phi) is 4.46. The molecule has 0 spiro atoms. The first kappa shape index (κ1) is 16.4. The van der Waals surface area contributed by atoms with E-state index in [-0.39, 0.29) is 23.9 Å². The zero-order valence-electron chi connectivity index (χ0n) is 13.3. The van der Waals surface area contributed by atoms with Gasteiger partial charge in [0.15, 0.2) is 0 Å². The number of rotatable bonds is 4. The minimum Gasteiger partial charge on any atom is -0.336 e. The molecule has 2 amide bonds. The molecule has 2 aromatic rings. The number of alkyl halides is 2. The third-order valence-corrected chi connectivity index (χ3v) is 3.83. The van der Waals surface area contributed by atoms with Gasteiger partial charge in [0, 0.05) is 11.6 Å². The van der Waals surface area contributed by atoms with E-state index in [1.807, 2.05) is 26.0 Å². The van der Waals surface area contributed by atoms with E-state index in [0.29, 0.717) is 5.56 Å². The van der Waals surface area contributed by atoms with Gasteiger partial charge in [0.2, 0.25) is 5.82 Å². The van der Waals surface area contributed by atoms with E-state index in [1.54, 1.807) is 6.07 Å². The van der Waals surface area contributed by atoms with Crippen molar-refractivity contribution in [2.24, 2.45) is 0 Å². The van der Waals surface area contributed by atoms with Gasteiger partial charge in [-0.15, -0.1) is 0 Å². The summed E-state index contributed by atoms with van der Waals surface area (Å²) in [6, 6.07) is 5.28. The topological polar surface area (TPSA) is 80.0 Å². The molecule has 0 radical (unpaired) electrons. The quantitative estimate of drug-likeness (QED) is 0.897. The molecule has 6 nitrogen and oxygen atoms in total. The average molecular weight is 336 g/mol. The number of amides is 2. The number of halogens is 2. The lowest BCUT2D eigenvalue weighted by Gasteiger charge is -2.16. The van der Waals surface area contributed by atoms with Crippen LogP contribution in [0.1, 0.15) is 49.8 Å². The maximum atomic E-state index is 12.5. The third kappa shape index (κ3) is 3.37. The predicted molar refractivity (Wildman–Crippen MR) is 82.6 cm³/mol. The Morgan fingerprint density at radius 3 is 2.83 bits per heavy atom. The van der Waals surface area contributed by atoms with Crippen LogP contribution in [-0.2, 0) is 6.42 Å². The van der Waals surface area contributed by atoms with Crippen molar-refractivity contribution in [1.29, 1.82) is 0 Å². The number of nitrogens with one attached hydrogen (secondary N) is 2. The number of hydrogen-bond donors (Lipinski definition) is 2. The maximum absolute atomic E-state index is 12.5. The number of carbonyl (C=O) groups is 1. The van der Waals surface area contributed by atoms with Gasteiger partial charge in [0.1, 0.15) is 0 Å². The molecule has 2 N–H and O–H groups in total. The summed E-state index contributed by atoms with van der Waals surface area (Å²) in [6.07, 6.45) is -1.21. The lowest BCUT2D eigenvalue weighted by molar-refractivity contribution is 0.106. The van der Waals surface area contributed by atoms with E-state index in [4.69, 9.17) is 0 Å². The van der Waals surface area contributed by atoms with Gasteiger partial charge in [-0.3, -0.25) is 0 Å². The van der Waals surface area contributed by atoms with Gasteiger partial charge in [-0.1, -0.05) is 17.3 Å². The molecule has 0 unspecified atom stereocenters. The van der Waals surface area contributed by atoms with E-state index >= 15 is 0 Å². The number of carbonyl (C=O) groups excluding carboxylic acids is 1. The summed E-state index contributed by atoms with van der Waals surface area (Å²) in [6.45, 7) is 3.79. The minimum atomic E-state index is -2.78. The highest BCUT2D eigenvalue weighted by Gasteiger charge is 2.25. The molecule has 128 valence electrons. The Balaban J connectivity index is 1.76. The van der Waals surface area contributed by atoms with Gasteiger partial charge in [0.05, 0.1) is 6.04 Å². The first-order valence-corrected chi connectivity index (χ1v) is 7.76. The SMILES string of the molecule is CC(C)NC(=O)N[C@@H]1CCc2cc(-c3noc(C(F)F)n3)ccc21. The molecule has 0 fully saturated rings. The predicted octanol–water partition coefficient (Wildman–Crippen LogP) is 3.37. The van der Waals surface area contributed by atoms with Crippen LogP contribution in [0.5, 0.6) is 0 Å². The molecular weight excluding hydrogens is 318 g/mol. The fourth-order valence-electron chi connectivity index (χ4n) is 2.81. The molecule has 0 bridgehead atoms. The normalized spacial score (nSPS) is 16.5. The van der Waals surface area contributed by atoms with Crippen molar-refractivity contribution in [2.45, 2.75) is 45.2 Å². The van der Waals surface area contributed by atoms with Crippen molar-refractivity contribution in [3.05, 3.63) is 35.2 Å². The molecule has 1 atom stereocenters. The molecule has 0 saturated heterocycles. The van der Waals surface area contributed by atoms with Crippen LogP contribution in [-0.4, -0.2) is 22.2 Å². The van der Waals surface area contributed by atoms with Crippen LogP contribution >= 0.6 is 0 Å². The monoisotopic (exact) mass is 336 g/mol. The summed E-state index contributed by atoms with van der Waals surface area (Å²) in [7, 11) is 0. The zero-order valence-corrected chi connectivity index (χ0v) is 13.3. The summed E-state index contributed by atoms with van der Waals surface area (Å²) in [5.74, 6) is -0.544. The van der Waals surface area contributed by atoms with Gasteiger partial charge < -0.3 is 15.2 Å². The second kappa shape index (κ2) is 6.54. The Morgan fingerprint density at radius 1 is 1.38 bits per heavy atom. The van der Waals surface area contributed by atoms with E-state index in [9.17, 15) is 13.6 Å². The minimum absolute atomic E-state index is 0.0605. The highest BCUT2D eigenvalue weighted by molar-refractivity contribution is 5.75. The molecule has 0 saturated carbocycles. The van der Waals surface area contributed by atoms with Crippen LogP contribution in [0.15, 0.2) is 22.7 Å². The smallest absolute Gasteiger partial charge is 0.315 e. The third-order valence-electron chi connectivity index (χ3n) is 3.83. The van der Waals surface area contributed by atoms with Gasteiger partial charge in [-0.2, -0.15) is 13.8 Å². The van der Waals surface area contributed by atoms with Crippen LogP contribution < -0.4 is 10.6 Å². The van der Waals surface area contributed by atoms with Crippen molar-refractivity contribution < 1.29 is 18.1 Å². The van der Waals surface area contributed by atoms with Crippen LogP contribution in [0.4, 0.5) is 13.6 Å². The Morgan fingerprint density at radius 2 is 2.17 bits per heavy atom. The van der Waals surface area contributed by atoms with E-state index < -0.39 is 12.3 Å². The van der Waals surface area contributed by atoms with Crippen molar-refractivity contribution in [1.82, 2.24) is 20.8 Å². The second-order valence-electron chi connectivity index (χ2n) is 6.03. The number of hydrogen-bond acceptors (Lipinski definition) is 4. The fourth-order valence-corrected chi connectivity index (χ4v) is 2.81. The fraction of sp³-hybridized carbons (Fsp3) is 0.438. The molecule has 24 heavy (non-hydrogen) atoms. The van der Waals surface area contributed by atoms with Crippen molar-refractivity contribution in [3.8, 4) is 11.4 Å². The van der Waals surface area contributed by atoms with Gasteiger partial charge >= 0.3 is 12.5 Å². The number of aryl methyl sites for hydroxylation is 1. The summed E-state index contributed by atoms with van der Waals surface area (Å²) >= 11 is 0. The molecule has 1 heterocycles. The summed E-state index contributed by atoms with van der Waals surface area (Å²) in [4.78, 5) is 15.5. The highest BCUT2D eigenvalue weighted by Crippen LogP contribution is 2.34. The summed E-state index contributed by atoms with van der Waals surface area (Å²) < 4.78 is 29.6. The van der Waals surface area contributed by atoms with Crippen molar-refractivity contribution in [2.75, 3.05) is 0 Å². The molecule has 1 aliphatic rings. The Bertz CT molecular complexity index is 745. The summed E-state index contributed by atoms with van der Waals surface area (Å²) in [5, 5.41) is 9.33. The zero-order chi connectivity index (χ0) is 17.3. The molecular formula is C16H18F2N4O2. The van der Waals surface area contributed by atoms with E-state index in [1.165, 1.54) is 0 Å². The lowest BCUT2D eigenvalue weighted by atomic mass is 10.0. The molecule has 8 heteroatoms. The number of nitrogens with zero attached hydrogens (tertiary/aromatic N) is 2. The maximum Gasteiger partial charge on any atom is 0.315 e. The largest absolute Gasteiger partial charge is 0.336 e. The van der Waals surface area contributed by atoms with Crippen LogP contribution in [0, 0.1) is 0 Å². The average Bonchev–Trinajstić information content (AvgIpc) is 3.13. The lowest BCUT2D eigenvalue weighted by Crippen LogP contribution is -2.40.